The Balaban J connectivity index is 1.75. The number of amides is 1. The molecular weight excluding hydrogens is 292 g/mol. The predicted octanol–water partition coefficient (Wildman–Crippen LogP) is 1.22. The first kappa shape index (κ1) is 15.7. The zero-order chi connectivity index (χ0) is 16.4. The van der Waals surface area contributed by atoms with Crippen LogP contribution in [0.4, 0.5) is 0 Å². The summed E-state index contributed by atoms with van der Waals surface area (Å²) in [7, 11) is 4.07. The zero-order valence-corrected chi connectivity index (χ0v) is 14.0. The van der Waals surface area contributed by atoms with Crippen LogP contribution in [0, 0.1) is 0 Å². The molecular formula is C16H24N6O. The van der Waals surface area contributed by atoms with Gasteiger partial charge in [0.05, 0.1) is 6.04 Å². The summed E-state index contributed by atoms with van der Waals surface area (Å²) >= 11 is 0. The Bertz CT molecular complexity index is 676. The number of nitrogens with zero attached hydrogens (tertiary/aromatic N) is 5. The molecule has 124 valence electrons. The van der Waals surface area contributed by atoms with E-state index in [1.807, 2.05) is 28.8 Å². The van der Waals surface area contributed by atoms with Crippen LogP contribution in [0.1, 0.15) is 41.4 Å². The van der Waals surface area contributed by atoms with Crippen LogP contribution in [0.2, 0.25) is 0 Å². The molecule has 0 saturated carbocycles. The third-order valence-corrected chi connectivity index (χ3v) is 4.46. The summed E-state index contributed by atoms with van der Waals surface area (Å²) in [6.45, 7) is 4.29. The Hall–Kier alpha value is -2.15. The Morgan fingerprint density at radius 3 is 2.91 bits per heavy atom. The number of rotatable bonds is 4. The van der Waals surface area contributed by atoms with Gasteiger partial charge in [0.25, 0.3) is 5.91 Å². The molecule has 0 bridgehead atoms. The smallest absolute Gasteiger partial charge is 0.274 e. The van der Waals surface area contributed by atoms with Gasteiger partial charge in [-0.3, -0.25) is 14.8 Å². The van der Waals surface area contributed by atoms with Crippen LogP contribution in [0.25, 0.3) is 0 Å². The molecule has 1 amide bonds. The van der Waals surface area contributed by atoms with Gasteiger partial charge < -0.3 is 9.47 Å². The third kappa shape index (κ3) is 3.14. The van der Waals surface area contributed by atoms with Crippen LogP contribution in [0.3, 0.4) is 0 Å². The molecule has 1 aliphatic heterocycles. The van der Waals surface area contributed by atoms with Crippen LogP contribution in [-0.2, 0) is 13.5 Å². The third-order valence-electron chi connectivity index (χ3n) is 4.46. The summed E-state index contributed by atoms with van der Waals surface area (Å²) in [5.41, 5.74) is 1.53. The first-order valence-electron chi connectivity index (χ1n) is 8.11. The van der Waals surface area contributed by atoms with E-state index < -0.39 is 0 Å². The fourth-order valence-corrected chi connectivity index (χ4v) is 3.07. The highest BCUT2D eigenvalue weighted by Crippen LogP contribution is 2.23. The predicted molar refractivity (Wildman–Crippen MR) is 87.1 cm³/mol. The molecule has 0 spiro atoms. The fourth-order valence-electron chi connectivity index (χ4n) is 3.07. The molecule has 2 aromatic heterocycles. The van der Waals surface area contributed by atoms with Crippen molar-refractivity contribution in [2.75, 3.05) is 26.7 Å². The molecule has 2 aromatic rings. The minimum Gasteiger partial charge on any atom is -0.337 e. The van der Waals surface area contributed by atoms with E-state index in [-0.39, 0.29) is 11.9 Å². The number of imidazole rings is 1. The van der Waals surface area contributed by atoms with E-state index in [1.54, 1.807) is 6.20 Å². The molecule has 0 aliphatic carbocycles. The molecule has 0 unspecified atom stereocenters. The monoisotopic (exact) mass is 316 g/mol. The van der Waals surface area contributed by atoms with Gasteiger partial charge in [-0.05, 0) is 19.5 Å². The highest BCUT2D eigenvalue weighted by molar-refractivity contribution is 5.92. The summed E-state index contributed by atoms with van der Waals surface area (Å²) in [6, 6.07) is 1.99. The molecule has 1 N–H and O–H groups in total. The number of carbonyl (C=O) groups excluding carboxylic acids is 1. The van der Waals surface area contributed by atoms with E-state index in [9.17, 15) is 4.79 Å². The summed E-state index contributed by atoms with van der Waals surface area (Å²) < 4.78 is 2.02. The van der Waals surface area contributed by atoms with Gasteiger partial charge >= 0.3 is 0 Å². The number of piperazine rings is 1. The summed E-state index contributed by atoms with van der Waals surface area (Å²) in [5.74, 6) is 0.981. The van der Waals surface area contributed by atoms with E-state index in [0.717, 1.165) is 30.9 Å². The number of likely N-dealkylation sites (N-methyl/N-ethyl adjacent to an activating group) is 1. The topological polar surface area (TPSA) is 70.1 Å². The number of carbonyl (C=O) groups is 1. The Morgan fingerprint density at radius 2 is 2.22 bits per heavy atom. The van der Waals surface area contributed by atoms with Crippen LogP contribution in [-0.4, -0.2) is 62.1 Å². The number of H-pyrrole nitrogens is 1. The van der Waals surface area contributed by atoms with Crippen molar-refractivity contribution < 1.29 is 4.79 Å². The fraction of sp³-hybridized carbons (Fsp3) is 0.562. The lowest BCUT2D eigenvalue weighted by atomic mass is 10.1. The largest absolute Gasteiger partial charge is 0.337 e. The molecule has 3 rings (SSSR count). The Kier molecular flexibility index (Phi) is 4.47. The maximum absolute atomic E-state index is 12.7. The molecule has 0 radical (unpaired) electrons. The average molecular weight is 316 g/mol. The summed E-state index contributed by atoms with van der Waals surface area (Å²) in [6.07, 6.45) is 5.69. The van der Waals surface area contributed by atoms with Crippen molar-refractivity contribution in [1.29, 1.82) is 0 Å². The summed E-state index contributed by atoms with van der Waals surface area (Å²) in [4.78, 5) is 21.3. The van der Waals surface area contributed by atoms with Gasteiger partial charge in [-0.1, -0.05) is 13.3 Å². The lowest BCUT2D eigenvalue weighted by Crippen LogP contribution is -2.49. The van der Waals surface area contributed by atoms with Crippen molar-refractivity contribution in [3.8, 4) is 0 Å². The van der Waals surface area contributed by atoms with Gasteiger partial charge in [-0.15, -0.1) is 0 Å². The van der Waals surface area contributed by atoms with Gasteiger partial charge in [0.15, 0.2) is 0 Å². The van der Waals surface area contributed by atoms with Gasteiger partial charge in [0.2, 0.25) is 0 Å². The maximum atomic E-state index is 12.7. The minimum absolute atomic E-state index is 0.00378. The Morgan fingerprint density at radius 1 is 1.39 bits per heavy atom. The second-order valence-electron chi connectivity index (χ2n) is 6.17. The van der Waals surface area contributed by atoms with Crippen LogP contribution in [0.15, 0.2) is 18.5 Å². The lowest BCUT2D eigenvalue weighted by Gasteiger charge is -2.38. The molecule has 1 aliphatic rings. The quantitative estimate of drug-likeness (QED) is 0.921. The average Bonchev–Trinajstić information content (AvgIpc) is 3.17. The normalized spacial score (nSPS) is 19.3. The van der Waals surface area contributed by atoms with Crippen molar-refractivity contribution in [3.63, 3.8) is 0 Å². The zero-order valence-electron chi connectivity index (χ0n) is 14.0. The molecule has 3 heterocycles. The van der Waals surface area contributed by atoms with Crippen molar-refractivity contribution in [2.24, 2.45) is 7.05 Å². The Labute approximate surface area is 136 Å². The number of hydrogen-bond acceptors (Lipinski definition) is 4. The molecule has 1 fully saturated rings. The maximum Gasteiger partial charge on any atom is 0.274 e. The minimum atomic E-state index is -0.00378. The number of aryl methyl sites for hydroxylation is 2. The first-order chi connectivity index (χ1) is 11.1. The first-order valence-corrected chi connectivity index (χ1v) is 8.11. The highest BCUT2D eigenvalue weighted by Gasteiger charge is 2.31. The lowest BCUT2D eigenvalue weighted by molar-refractivity contribution is 0.0523. The van der Waals surface area contributed by atoms with Crippen molar-refractivity contribution in [2.45, 2.75) is 25.8 Å². The molecule has 7 nitrogen and oxygen atoms in total. The molecule has 1 atom stereocenters. The molecule has 1 saturated heterocycles. The van der Waals surface area contributed by atoms with Crippen LogP contribution in [0.5, 0.6) is 0 Å². The van der Waals surface area contributed by atoms with Gasteiger partial charge in [-0.2, -0.15) is 5.10 Å². The van der Waals surface area contributed by atoms with Crippen LogP contribution < -0.4 is 0 Å². The highest BCUT2D eigenvalue weighted by atomic mass is 16.2. The van der Waals surface area contributed by atoms with Gasteiger partial charge in [0.1, 0.15) is 11.5 Å². The van der Waals surface area contributed by atoms with E-state index in [4.69, 9.17) is 0 Å². The summed E-state index contributed by atoms with van der Waals surface area (Å²) in [5, 5.41) is 7.14. The standard InChI is InChI=1S/C16H24N6O/c1-4-5-12-10-13(19-18-12)16(23)22-9-8-20(2)14(11-22)15-17-6-7-21(15)3/h6-7,10,14H,4-5,8-9,11H2,1-3H3,(H,18,19)/t14-/m0/s1. The van der Waals surface area contributed by atoms with E-state index in [0.29, 0.717) is 18.8 Å². The van der Waals surface area contributed by atoms with Gasteiger partial charge in [0, 0.05) is 44.8 Å². The molecule has 23 heavy (non-hydrogen) atoms. The van der Waals surface area contributed by atoms with Crippen LogP contribution >= 0.6 is 0 Å². The second kappa shape index (κ2) is 6.54. The number of hydrogen-bond donors (Lipinski definition) is 1. The number of nitrogens with one attached hydrogen (secondary N) is 1. The second-order valence-corrected chi connectivity index (χ2v) is 6.17. The van der Waals surface area contributed by atoms with E-state index in [2.05, 4.69) is 34.1 Å². The van der Waals surface area contributed by atoms with E-state index in [1.165, 1.54) is 0 Å². The molecule has 7 heteroatoms. The van der Waals surface area contributed by atoms with E-state index >= 15 is 0 Å². The van der Waals surface area contributed by atoms with Crippen molar-refractivity contribution in [3.05, 3.63) is 35.7 Å². The van der Waals surface area contributed by atoms with Crippen molar-refractivity contribution in [1.82, 2.24) is 29.5 Å². The number of aromatic amines is 1. The molecule has 0 aromatic carbocycles. The number of aromatic nitrogens is 4. The van der Waals surface area contributed by atoms with Crippen molar-refractivity contribution >= 4 is 5.91 Å². The SMILES string of the molecule is CCCc1cc(C(=O)N2CCN(C)[C@H](c3nccn3C)C2)n[nH]1. The van der Waals surface area contributed by atoms with Gasteiger partial charge in [-0.25, -0.2) is 4.98 Å².